The third-order valence-corrected chi connectivity index (χ3v) is 3.41. The summed E-state index contributed by atoms with van der Waals surface area (Å²) in [5, 5.41) is 0. The first-order chi connectivity index (χ1) is 9.74. The summed E-state index contributed by atoms with van der Waals surface area (Å²) in [7, 11) is 1.65. The summed E-state index contributed by atoms with van der Waals surface area (Å²) in [5.74, 6) is -0.289. The van der Waals surface area contributed by atoms with Gasteiger partial charge in [-0.05, 0) is 42.5 Å². The molecular weight excluding hydrogens is 252 g/mol. The Morgan fingerprint density at radius 2 is 2.35 bits per heavy atom. The maximum Gasteiger partial charge on any atom is 0.338 e. The molecule has 20 heavy (non-hydrogen) atoms. The Balaban J connectivity index is 2.08. The standard InChI is InChI=1S/C17H20O3/c1-3-13-7-6-9-14(11-13)17(18)20-16-10-5-4-8-15(16)12-19-2/h3,6-9,11,16H,1,4-5,10,12H2,2H3. The maximum atomic E-state index is 12.2. The lowest BCUT2D eigenvalue weighted by atomic mass is 9.97. The average molecular weight is 272 g/mol. The molecule has 0 radical (unpaired) electrons. The molecule has 0 aromatic heterocycles. The molecule has 1 aliphatic rings. The van der Waals surface area contributed by atoms with E-state index in [1.165, 1.54) is 0 Å². The largest absolute Gasteiger partial charge is 0.454 e. The summed E-state index contributed by atoms with van der Waals surface area (Å²) in [4.78, 5) is 12.2. The van der Waals surface area contributed by atoms with E-state index in [1.54, 1.807) is 25.3 Å². The smallest absolute Gasteiger partial charge is 0.338 e. The summed E-state index contributed by atoms with van der Waals surface area (Å²) in [6.45, 7) is 4.22. The summed E-state index contributed by atoms with van der Waals surface area (Å²) < 4.78 is 10.8. The fourth-order valence-corrected chi connectivity index (χ4v) is 2.35. The van der Waals surface area contributed by atoms with E-state index in [0.717, 1.165) is 30.4 Å². The molecule has 1 aliphatic carbocycles. The van der Waals surface area contributed by atoms with Gasteiger partial charge in [-0.1, -0.05) is 30.9 Å². The first-order valence-electron chi connectivity index (χ1n) is 6.86. The summed E-state index contributed by atoms with van der Waals surface area (Å²) >= 11 is 0. The number of benzene rings is 1. The molecular formula is C17H20O3. The van der Waals surface area contributed by atoms with Gasteiger partial charge in [0.1, 0.15) is 6.10 Å². The number of methoxy groups -OCH3 is 1. The van der Waals surface area contributed by atoms with Crippen molar-refractivity contribution in [3.8, 4) is 0 Å². The third-order valence-electron chi connectivity index (χ3n) is 3.41. The zero-order valence-corrected chi connectivity index (χ0v) is 11.8. The second-order valence-electron chi connectivity index (χ2n) is 4.87. The van der Waals surface area contributed by atoms with Crippen molar-refractivity contribution in [3.63, 3.8) is 0 Å². The fourth-order valence-electron chi connectivity index (χ4n) is 2.35. The monoisotopic (exact) mass is 272 g/mol. The van der Waals surface area contributed by atoms with Crippen molar-refractivity contribution in [2.24, 2.45) is 0 Å². The second-order valence-corrected chi connectivity index (χ2v) is 4.87. The van der Waals surface area contributed by atoms with Crippen LogP contribution in [0.4, 0.5) is 0 Å². The number of hydrogen-bond donors (Lipinski definition) is 0. The van der Waals surface area contributed by atoms with Crippen LogP contribution in [0.15, 0.2) is 42.5 Å². The van der Waals surface area contributed by atoms with Crippen molar-refractivity contribution in [2.75, 3.05) is 13.7 Å². The molecule has 1 unspecified atom stereocenters. The Morgan fingerprint density at radius 3 is 3.10 bits per heavy atom. The number of allylic oxidation sites excluding steroid dienone is 1. The number of ether oxygens (including phenoxy) is 2. The molecule has 0 N–H and O–H groups in total. The van der Waals surface area contributed by atoms with E-state index in [0.29, 0.717) is 12.2 Å². The van der Waals surface area contributed by atoms with E-state index in [1.807, 2.05) is 12.1 Å². The van der Waals surface area contributed by atoms with Crippen molar-refractivity contribution in [2.45, 2.75) is 25.4 Å². The Hall–Kier alpha value is -1.87. The van der Waals surface area contributed by atoms with Crippen molar-refractivity contribution in [1.29, 1.82) is 0 Å². The van der Waals surface area contributed by atoms with Gasteiger partial charge < -0.3 is 9.47 Å². The minimum Gasteiger partial charge on any atom is -0.454 e. The molecule has 0 aliphatic heterocycles. The lowest BCUT2D eigenvalue weighted by Gasteiger charge is -2.24. The van der Waals surface area contributed by atoms with Crippen LogP contribution in [0.5, 0.6) is 0 Å². The first kappa shape index (κ1) is 14.5. The quantitative estimate of drug-likeness (QED) is 0.606. The average Bonchev–Trinajstić information content (AvgIpc) is 2.49. The molecule has 106 valence electrons. The molecule has 0 spiro atoms. The molecule has 1 aromatic carbocycles. The molecule has 3 heteroatoms. The lowest BCUT2D eigenvalue weighted by Crippen LogP contribution is -2.25. The van der Waals surface area contributed by atoms with Gasteiger partial charge in [-0.3, -0.25) is 0 Å². The molecule has 0 heterocycles. The van der Waals surface area contributed by atoms with Gasteiger partial charge in [-0.25, -0.2) is 4.79 Å². The summed E-state index contributed by atoms with van der Waals surface area (Å²) in [5.41, 5.74) is 2.53. The predicted octanol–water partition coefficient (Wildman–Crippen LogP) is 3.61. The van der Waals surface area contributed by atoms with Gasteiger partial charge in [0.05, 0.1) is 12.2 Å². The number of carbonyl (C=O) groups excluding carboxylic acids is 1. The van der Waals surface area contributed by atoms with Gasteiger partial charge in [0.15, 0.2) is 0 Å². The Kier molecular flexibility index (Phi) is 5.13. The van der Waals surface area contributed by atoms with Crippen LogP contribution < -0.4 is 0 Å². The van der Waals surface area contributed by atoms with Crippen LogP contribution in [0.3, 0.4) is 0 Å². The van der Waals surface area contributed by atoms with Gasteiger partial charge in [0.2, 0.25) is 0 Å². The zero-order valence-electron chi connectivity index (χ0n) is 11.8. The van der Waals surface area contributed by atoms with Gasteiger partial charge in [0, 0.05) is 7.11 Å². The van der Waals surface area contributed by atoms with Gasteiger partial charge in [0.25, 0.3) is 0 Å². The van der Waals surface area contributed by atoms with Crippen LogP contribution in [0.1, 0.15) is 35.2 Å². The number of esters is 1. The number of rotatable bonds is 5. The Morgan fingerprint density at radius 1 is 1.50 bits per heavy atom. The van der Waals surface area contributed by atoms with Crippen LogP contribution in [-0.2, 0) is 9.47 Å². The van der Waals surface area contributed by atoms with E-state index in [4.69, 9.17) is 9.47 Å². The topological polar surface area (TPSA) is 35.5 Å². The summed E-state index contributed by atoms with van der Waals surface area (Å²) in [6.07, 6.45) is 6.60. The number of hydrogen-bond acceptors (Lipinski definition) is 3. The van der Waals surface area contributed by atoms with E-state index in [2.05, 4.69) is 12.7 Å². The highest BCUT2D eigenvalue weighted by Gasteiger charge is 2.22. The lowest BCUT2D eigenvalue weighted by molar-refractivity contribution is 0.0315. The highest BCUT2D eigenvalue weighted by atomic mass is 16.5. The van der Waals surface area contributed by atoms with Gasteiger partial charge >= 0.3 is 5.97 Å². The Labute approximate surface area is 119 Å². The molecule has 0 amide bonds. The van der Waals surface area contributed by atoms with E-state index >= 15 is 0 Å². The van der Waals surface area contributed by atoms with Crippen molar-refractivity contribution in [1.82, 2.24) is 0 Å². The zero-order chi connectivity index (χ0) is 14.4. The maximum absolute atomic E-state index is 12.2. The molecule has 0 saturated heterocycles. The molecule has 0 fully saturated rings. The normalized spacial score (nSPS) is 18.2. The highest BCUT2D eigenvalue weighted by Crippen LogP contribution is 2.23. The van der Waals surface area contributed by atoms with E-state index in [9.17, 15) is 4.79 Å². The molecule has 0 bridgehead atoms. The van der Waals surface area contributed by atoms with Crippen LogP contribution in [0.2, 0.25) is 0 Å². The number of carbonyl (C=O) groups is 1. The van der Waals surface area contributed by atoms with Crippen LogP contribution in [-0.4, -0.2) is 25.8 Å². The van der Waals surface area contributed by atoms with Crippen molar-refractivity contribution in [3.05, 3.63) is 53.6 Å². The molecule has 0 saturated carbocycles. The Bertz CT molecular complexity index is 517. The first-order valence-corrected chi connectivity index (χ1v) is 6.86. The highest BCUT2D eigenvalue weighted by molar-refractivity contribution is 5.90. The fraction of sp³-hybridized carbons (Fsp3) is 0.353. The van der Waals surface area contributed by atoms with Gasteiger partial charge in [-0.15, -0.1) is 0 Å². The SMILES string of the molecule is C=Cc1cccc(C(=O)OC2CCCC=C2COC)c1. The molecule has 1 aromatic rings. The van der Waals surface area contributed by atoms with Crippen molar-refractivity contribution < 1.29 is 14.3 Å². The third kappa shape index (κ3) is 3.58. The van der Waals surface area contributed by atoms with Crippen LogP contribution in [0.25, 0.3) is 6.08 Å². The minimum atomic E-state index is -0.289. The van der Waals surface area contributed by atoms with Crippen molar-refractivity contribution >= 4 is 12.0 Å². The minimum absolute atomic E-state index is 0.163. The van der Waals surface area contributed by atoms with Crippen LogP contribution >= 0.6 is 0 Å². The second kappa shape index (κ2) is 7.06. The molecule has 3 nitrogen and oxygen atoms in total. The predicted molar refractivity (Wildman–Crippen MR) is 79.5 cm³/mol. The van der Waals surface area contributed by atoms with E-state index < -0.39 is 0 Å². The summed E-state index contributed by atoms with van der Waals surface area (Å²) in [6, 6.07) is 7.29. The van der Waals surface area contributed by atoms with E-state index in [-0.39, 0.29) is 12.1 Å². The van der Waals surface area contributed by atoms with Gasteiger partial charge in [-0.2, -0.15) is 0 Å². The molecule has 2 rings (SSSR count). The molecule has 1 atom stereocenters. The van der Waals surface area contributed by atoms with Crippen LogP contribution in [0, 0.1) is 0 Å².